The molecule has 0 aromatic heterocycles. The molecule has 11 heavy (non-hydrogen) atoms. The minimum Gasteiger partial charge on any atom is -0.672 e. The van der Waals surface area contributed by atoms with E-state index in [-0.39, 0.29) is 26.0 Å². The van der Waals surface area contributed by atoms with Crippen molar-refractivity contribution in [2.45, 2.75) is 53.0 Å². The summed E-state index contributed by atoms with van der Waals surface area (Å²) in [6, 6.07) is 0. The maximum Gasteiger partial charge on any atom is 0 e. The van der Waals surface area contributed by atoms with E-state index in [4.69, 9.17) is 5.73 Å². The third kappa shape index (κ3) is 8.53. The fourth-order valence-electron chi connectivity index (χ4n) is 1.32. The van der Waals surface area contributed by atoms with Crippen molar-refractivity contribution in [2.24, 2.45) is 5.41 Å². The molecule has 0 heterocycles. The van der Waals surface area contributed by atoms with Gasteiger partial charge in [-0.15, -0.1) is 5.54 Å². The Labute approximate surface area is 84.8 Å². The zero-order valence-corrected chi connectivity index (χ0v) is 11.0. The van der Waals surface area contributed by atoms with Crippen molar-refractivity contribution < 1.29 is 20.4 Å². The van der Waals surface area contributed by atoms with Gasteiger partial charge in [-0.25, -0.2) is 0 Å². The predicted molar refractivity (Wildman–Crippen MR) is 47.1 cm³/mol. The van der Waals surface area contributed by atoms with Crippen LogP contribution in [0, 0.1) is 5.41 Å². The first kappa shape index (κ1) is 14.2. The summed E-state index contributed by atoms with van der Waals surface area (Å²) in [6.45, 7) is 10.6. The topological polar surface area (TPSA) is 23.8 Å². The largest absolute Gasteiger partial charge is 0.672 e. The number of nitrogens with one attached hydrogen (secondary N) is 1. The molecule has 0 atom stereocenters. The van der Waals surface area contributed by atoms with Gasteiger partial charge in [0.15, 0.2) is 0 Å². The molecule has 1 N–H and O–H groups in total. The van der Waals surface area contributed by atoms with Gasteiger partial charge in [-0.2, -0.15) is 0 Å². The van der Waals surface area contributed by atoms with Crippen LogP contribution in [0.5, 0.6) is 0 Å². The summed E-state index contributed by atoms with van der Waals surface area (Å²) in [4.78, 5) is 0. The van der Waals surface area contributed by atoms with Gasteiger partial charge in [-0.05, 0) is 5.41 Å². The Balaban J connectivity index is 0. The van der Waals surface area contributed by atoms with Crippen molar-refractivity contribution in [1.82, 2.24) is 0 Å². The number of hydrogen-bond acceptors (Lipinski definition) is 0. The van der Waals surface area contributed by atoms with Gasteiger partial charge in [-0.1, -0.05) is 47.5 Å². The number of hydrogen-bond donors (Lipinski definition) is 0. The van der Waals surface area contributed by atoms with E-state index in [2.05, 4.69) is 20.8 Å². The molecule has 2 heteroatoms. The molecule has 1 nitrogen and oxygen atoms in total. The van der Waals surface area contributed by atoms with Crippen LogP contribution < -0.4 is 0 Å². The van der Waals surface area contributed by atoms with Crippen molar-refractivity contribution in [3.8, 4) is 0 Å². The third-order valence-corrected chi connectivity index (χ3v) is 1.88. The Kier molecular flexibility index (Phi) is 5.92. The minimum absolute atomic E-state index is 0. The quantitative estimate of drug-likeness (QED) is 0.755. The SMILES string of the molecule is CCC(C)(C)CC(C)(C)[NH-].[Re]. The van der Waals surface area contributed by atoms with E-state index in [0.29, 0.717) is 5.41 Å². The van der Waals surface area contributed by atoms with Gasteiger partial charge >= 0.3 is 0 Å². The van der Waals surface area contributed by atoms with Crippen molar-refractivity contribution in [2.75, 3.05) is 0 Å². The molecule has 0 aromatic carbocycles. The van der Waals surface area contributed by atoms with Crippen molar-refractivity contribution in [3.05, 3.63) is 5.73 Å². The molecule has 0 aliphatic rings. The van der Waals surface area contributed by atoms with Crippen molar-refractivity contribution >= 4 is 0 Å². The van der Waals surface area contributed by atoms with Crippen molar-refractivity contribution in [3.63, 3.8) is 0 Å². The summed E-state index contributed by atoms with van der Waals surface area (Å²) in [5.41, 5.74) is 7.76. The molecule has 0 aliphatic heterocycles. The van der Waals surface area contributed by atoms with Crippen LogP contribution in [0.15, 0.2) is 0 Å². The molecule has 0 spiro atoms. The molecule has 1 radical (unpaired) electrons. The van der Waals surface area contributed by atoms with Gasteiger partial charge in [0.05, 0.1) is 0 Å². The molecule has 0 aliphatic carbocycles. The standard InChI is InChI=1S/C9H20N.Re/c1-6-8(2,3)7-9(4,5)10;/h10H,6-7H2,1-5H3;/q-1;. The van der Waals surface area contributed by atoms with E-state index >= 15 is 0 Å². The smallest absolute Gasteiger partial charge is 0 e. The Morgan fingerprint density at radius 2 is 1.45 bits per heavy atom. The molecule has 0 saturated carbocycles. The van der Waals surface area contributed by atoms with Crippen molar-refractivity contribution in [1.29, 1.82) is 0 Å². The molecule has 0 saturated heterocycles. The fraction of sp³-hybridized carbons (Fsp3) is 1.00. The predicted octanol–water partition coefficient (Wildman–Crippen LogP) is 3.64. The second-order valence-electron chi connectivity index (χ2n) is 4.58. The summed E-state index contributed by atoms with van der Waals surface area (Å²) in [7, 11) is 0. The molecule has 0 amide bonds. The van der Waals surface area contributed by atoms with Gasteiger partial charge < -0.3 is 5.73 Å². The Morgan fingerprint density at radius 1 is 1.09 bits per heavy atom. The van der Waals surface area contributed by atoms with Crippen LogP contribution in [-0.2, 0) is 20.4 Å². The van der Waals surface area contributed by atoms with Crippen LogP contribution in [0.25, 0.3) is 5.73 Å². The van der Waals surface area contributed by atoms with E-state index < -0.39 is 0 Å². The Morgan fingerprint density at radius 3 is 1.55 bits per heavy atom. The number of rotatable bonds is 3. The molecule has 0 fully saturated rings. The van der Waals surface area contributed by atoms with Crippen LogP contribution in [0.1, 0.15) is 47.5 Å². The van der Waals surface area contributed by atoms with Crippen LogP contribution in [0.4, 0.5) is 0 Å². The van der Waals surface area contributed by atoms with Crippen LogP contribution in [0.2, 0.25) is 0 Å². The third-order valence-electron chi connectivity index (χ3n) is 1.88. The summed E-state index contributed by atoms with van der Waals surface area (Å²) in [6.07, 6.45) is 2.14. The second kappa shape index (κ2) is 4.60. The fourth-order valence-corrected chi connectivity index (χ4v) is 1.32. The van der Waals surface area contributed by atoms with Gasteiger partial charge in [0.1, 0.15) is 0 Å². The molecule has 0 unspecified atom stereocenters. The van der Waals surface area contributed by atoms with E-state index in [9.17, 15) is 0 Å². The van der Waals surface area contributed by atoms with Crippen LogP contribution in [0.3, 0.4) is 0 Å². The summed E-state index contributed by atoms with van der Waals surface area (Å²) in [5, 5.41) is 0. The summed E-state index contributed by atoms with van der Waals surface area (Å²) < 4.78 is 0. The molecule has 0 bridgehead atoms. The normalized spacial score (nSPS) is 12.5. The first-order valence-corrected chi connectivity index (χ1v) is 4.02. The molecule has 0 rings (SSSR count). The molecule has 0 aromatic rings. The maximum atomic E-state index is 7.69. The van der Waals surface area contributed by atoms with E-state index in [1.54, 1.807) is 0 Å². The van der Waals surface area contributed by atoms with Crippen LogP contribution in [-0.4, -0.2) is 5.54 Å². The first-order chi connectivity index (χ1) is 4.27. The molecular formula is C9H20NRe-. The first-order valence-electron chi connectivity index (χ1n) is 4.02. The van der Waals surface area contributed by atoms with Gasteiger partial charge in [0, 0.05) is 20.4 Å². The Bertz CT molecular complexity index is 103. The zero-order chi connectivity index (χ0) is 8.41. The van der Waals surface area contributed by atoms with E-state index in [1.807, 2.05) is 13.8 Å². The van der Waals surface area contributed by atoms with Gasteiger partial charge in [0.25, 0.3) is 0 Å². The monoisotopic (exact) mass is 329 g/mol. The summed E-state index contributed by atoms with van der Waals surface area (Å²) in [5.74, 6) is 0. The Hall–Kier alpha value is 0.622. The van der Waals surface area contributed by atoms with Gasteiger partial charge in [0.2, 0.25) is 0 Å². The average Bonchev–Trinajstić information content (AvgIpc) is 1.60. The zero-order valence-electron chi connectivity index (χ0n) is 8.29. The van der Waals surface area contributed by atoms with E-state index in [0.717, 1.165) is 12.8 Å². The maximum absolute atomic E-state index is 7.69. The molecule has 69 valence electrons. The summed E-state index contributed by atoms with van der Waals surface area (Å²) >= 11 is 0. The van der Waals surface area contributed by atoms with Gasteiger partial charge in [-0.3, -0.25) is 0 Å². The van der Waals surface area contributed by atoms with Crippen LogP contribution >= 0.6 is 0 Å². The second-order valence-corrected chi connectivity index (χ2v) is 4.58. The van der Waals surface area contributed by atoms with E-state index in [1.165, 1.54) is 0 Å². The average molecular weight is 328 g/mol. The minimum atomic E-state index is -0.264. The molecular weight excluding hydrogens is 308 g/mol.